The monoisotopic (exact) mass is 657 g/mol. The second-order valence-electron chi connectivity index (χ2n) is 12.4. The van der Waals surface area contributed by atoms with Crippen LogP contribution in [0.3, 0.4) is 0 Å². The first-order valence-corrected chi connectivity index (χ1v) is 18.0. The third-order valence-corrected chi connectivity index (χ3v) is 9.07. The molecule has 4 heteroatoms. The lowest BCUT2D eigenvalue weighted by molar-refractivity contribution is 0.414. The Morgan fingerprint density at radius 2 is 1.67 bits per heavy atom. The molecule has 1 fully saturated rings. The SMILES string of the molecule is C=C1C=C(C(C)=C2CCC2)C=CN1/C(C)=C(C)/C(C)=C/c1ccc(F)cc1C.CC.CCCCC(N)CC.CCc1ccc(OC)cc1. The van der Waals surface area contributed by atoms with Gasteiger partial charge in [-0.05, 0) is 149 Å². The van der Waals surface area contributed by atoms with Crippen LogP contribution in [0.1, 0.15) is 124 Å². The van der Waals surface area contributed by atoms with Crippen molar-refractivity contribution in [3.05, 3.63) is 129 Å². The predicted molar refractivity (Wildman–Crippen MR) is 209 cm³/mol. The Morgan fingerprint density at radius 3 is 2.15 bits per heavy atom. The number of nitrogens with two attached hydrogens (primary N) is 1. The highest BCUT2D eigenvalue weighted by atomic mass is 19.1. The Labute approximate surface area is 293 Å². The second-order valence-corrected chi connectivity index (χ2v) is 12.4. The number of halogens is 1. The van der Waals surface area contributed by atoms with Gasteiger partial charge in [0, 0.05) is 23.6 Å². The van der Waals surface area contributed by atoms with Crippen LogP contribution in [0.2, 0.25) is 0 Å². The molecule has 0 bridgehead atoms. The summed E-state index contributed by atoms with van der Waals surface area (Å²) in [5.74, 6) is 0.734. The molecule has 3 nitrogen and oxygen atoms in total. The van der Waals surface area contributed by atoms with Gasteiger partial charge in [0.1, 0.15) is 11.6 Å². The average molecular weight is 657 g/mol. The minimum Gasteiger partial charge on any atom is -0.497 e. The summed E-state index contributed by atoms with van der Waals surface area (Å²) in [5.41, 5.74) is 17.7. The van der Waals surface area contributed by atoms with E-state index in [9.17, 15) is 4.39 Å². The molecule has 1 unspecified atom stereocenters. The number of hydrogen-bond acceptors (Lipinski definition) is 3. The third kappa shape index (κ3) is 13.8. The molecule has 2 N–H and O–H groups in total. The van der Waals surface area contributed by atoms with E-state index in [-0.39, 0.29) is 5.82 Å². The van der Waals surface area contributed by atoms with Crippen molar-refractivity contribution in [3.63, 3.8) is 0 Å². The van der Waals surface area contributed by atoms with Gasteiger partial charge in [0.2, 0.25) is 0 Å². The number of unbranched alkanes of at least 4 members (excludes halogenated alkanes) is 1. The first-order chi connectivity index (χ1) is 22.9. The van der Waals surface area contributed by atoms with Crippen molar-refractivity contribution >= 4 is 6.08 Å². The molecule has 0 spiro atoms. The Morgan fingerprint density at radius 1 is 1.02 bits per heavy atom. The van der Waals surface area contributed by atoms with Gasteiger partial charge in [-0.3, -0.25) is 0 Å². The van der Waals surface area contributed by atoms with E-state index < -0.39 is 0 Å². The number of hydrogen-bond donors (Lipinski definition) is 1. The average Bonchev–Trinajstić information content (AvgIpc) is 3.08. The van der Waals surface area contributed by atoms with Crippen LogP contribution >= 0.6 is 0 Å². The zero-order valence-electron chi connectivity index (χ0n) is 32.1. The third-order valence-electron chi connectivity index (χ3n) is 9.07. The molecule has 1 heterocycles. The minimum absolute atomic E-state index is 0.194. The van der Waals surface area contributed by atoms with Crippen LogP contribution in [0.4, 0.5) is 4.39 Å². The number of aryl methyl sites for hydroxylation is 2. The van der Waals surface area contributed by atoms with E-state index in [2.05, 4.69) is 96.5 Å². The highest BCUT2D eigenvalue weighted by Crippen LogP contribution is 2.35. The molecule has 1 saturated carbocycles. The molecule has 264 valence electrons. The standard InChI is InChI=1S/C26H30FN.C9H12O.C7H17N.C2H6/c1-17(14-24-10-11-26(27)15-18(24)2)20(4)22(6)28-13-12-25(16-19(28)3)21(5)23-8-7-9-23;1-3-8-4-6-9(10-2)7-5-8;1-3-5-6-7(8)4-2;1-2/h10-16H,3,7-9H2,1-2,4-6H3;4-7H,3H2,1-2H3;7H,3-6,8H2,1-2H3;1-2H3/b17-14+,22-20+;;;. The van der Waals surface area contributed by atoms with Crippen molar-refractivity contribution in [2.24, 2.45) is 5.73 Å². The van der Waals surface area contributed by atoms with Gasteiger partial charge in [-0.15, -0.1) is 0 Å². The van der Waals surface area contributed by atoms with Crippen LogP contribution < -0.4 is 10.5 Å². The maximum absolute atomic E-state index is 13.4. The summed E-state index contributed by atoms with van der Waals surface area (Å²) in [6, 6.07) is 13.5. The van der Waals surface area contributed by atoms with Crippen molar-refractivity contribution in [1.29, 1.82) is 0 Å². The van der Waals surface area contributed by atoms with Gasteiger partial charge in [0.05, 0.1) is 7.11 Å². The molecule has 0 saturated heterocycles. The fourth-order valence-corrected chi connectivity index (χ4v) is 5.18. The Bertz CT molecular complexity index is 1410. The Kier molecular flexibility index (Phi) is 20.2. The summed E-state index contributed by atoms with van der Waals surface area (Å²) in [5, 5.41) is 0. The minimum atomic E-state index is -0.194. The number of benzene rings is 2. The van der Waals surface area contributed by atoms with E-state index in [1.54, 1.807) is 18.7 Å². The predicted octanol–water partition coefficient (Wildman–Crippen LogP) is 12.8. The molecule has 2 aromatic carbocycles. The zero-order valence-corrected chi connectivity index (χ0v) is 32.1. The van der Waals surface area contributed by atoms with Crippen LogP contribution in [-0.2, 0) is 6.42 Å². The topological polar surface area (TPSA) is 38.5 Å². The lowest BCUT2D eigenvalue weighted by Crippen LogP contribution is -2.17. The smallest absolute Gasteiger partial charge is 0.123 e. The van der Waals surface area contributed by atoms with Gasteiger partial charge in [-0.1, -0.05) is 83.9 Å². The van der Waals surface area contributed by atoms with E-state index >= 15 is 0 Å². The van der Waals surface area contributed by atoms with Gasteiger partial charge in [0.25, 0.3) is 0 Å². The van der Waals surface area contributed by atoms with Crippen LogP contribution in [-0.4, -0.2) is 18.1 Å². The van der Waals surface area contributed by atoms with Gasteiger partial charge in [0.15, 0.2) is 0 Å². The van der Waals surface area contributed by atoms with Crippen molar-refractivity contribution in [1.82, 2.24) is 4.90 Å². The van der Waals surface area contributed by atoms with Crippen molar-refractivity contribution in [2.45, 2.75) is 127 Å². The molecule has 1 atom stereocenters. The summed E-state index contributed by atoms with van der Waals surface area (Å²) in [6.45, 7) is 25.3. The molecule has 0 amide bonds. The quantitative estimate of drug-likeness (QED) is 0.259. The molecule has 0 aromatic heterocycles. The highest BCUT2D eigenvalue weighted by Gasteiger charge is 2.18. The highest BCUT2D eigenvalue weighted by molar-refractivity contribution is 5.61. The van der Waals surface area contributed by atoms with Crippen molar-refractivity contribution in [2.75, 3.05) is 7.11 Å². The maximum atomic E-state index is 13.4. The van der Waals surface area contributed by atoms with Crippen molar-refractivity contribution < 1.29 is 9.13 Å². The summed E-state index contributed by atoms with van der Waals surface area (Å²) in [7, 11) is 1.68. The molecule has 1 aliphatic heterocycles. The number of rotatable bonds is 10. The van der Waals surface area contributed by atoms with Gasteiger partial charge in [-0.2, -0.15) is 0 Å². The van der Waals surface area contributed by atoms with E-state index in [4.69, 9.17) is 10.5 Å². The fraction of sp³-hybridized carbons (Fsp3) is 0.455. The number of allylic oxidation sites excluding steroid dienone is 8. The number of nitrogens with zero attached hydrogens (tertiary/aromatic N) is 1. The molecule has 2 aliphatic rings. The summed E-state index contributed by atoms with van der Waals surface area (Å²) in [6.07, 6.45) is 18.4. The van der Waals surface area contributed by atoms with Crippen LogP contribution in [0.15, 0.2) is 107 Å². The van der Waals surface area contributed by atoms with E-state index in [1.807, 2.05) is 39.0 Å². The summed E-state index contributed by atoms with van der Waals surface area (Å²) in [4.78, 5) is 2.15. The normalized spacial score (nSPS) is 14.9. The molecule has 1 aliphatic carbocycles. The van der Waals surface area contributed by atoms with Gasteiger partial charge < -0.3 is 15.4 Å². The summed E-state index contributed by atoms with van der Waals surface area (Å²) >= 11 is 0. The summed E-state index contributed by atoms with van der Waals surface area (Å²) < 4.78 is 18.4. The van der Waals surface area contributed by atoms with Crippen LogP contribution in [0, 0.1) is 12.7 Å². The molecule has 48 heavy (non-hydrogen) atoms. The lowest BCUT2D eigenvalue weighted by atomic mass is 9.85. The van der Waals surface area contributed by atoms with Crippen LogP contribution in [0.5, 0.6) is 5.75 Å². The van der Waals surface area contributed by atoms with Gasteiger partial charge in [-0.25, -0.2) is 4.39 Å². The largest absolute Gasteiger partial charge is 0.497 e. The van der Waals surface area contributed by atoms with E-state index in [1.165, 1.54) is 66.9 Å². The molecule has 2 aromatic rings. The Balaban J connectivity index is 0.000000470. The maximum Gasteiger partial charge on any atom is 0.123 e. The number of methoxy groups -OCH3 is 1. The van der Waals surface area contributed by atoms with Crippen molar-refractivity contribution in [3.8, 4) is 5.75 Å². The van der Waals surface area contributed by atoms with Crippen LogP contribution in [0.25, 0.3) is 6.08 Å². The molecular formula is C44H65FN2O. The first-order valence-electron chi connectivity index (χ1n) is 18.0. The van der Waals surface area contributed by atoms with E-state index in [0.29, 0.717) is 6.04 Å². The number of ether oxygens (including phenoxy) is 1. The fourth-order valence-electron chi connectivity index (χ4n) is 5.18. The lowest BCUT2D eigenvalue weighted by Gasteiger charge is -2.29. The molecule has 0 radical (unpaired) electrons. The Hall–Kier alpha value is -3.63. The van der Waals surface area contributed by atoms with E-state index in [0.717, 1.165) is 46.7 Å². The molecular weight excluding hydrogens is 591 g/mol. The zero-order chi connectivity index (χ0) is 36.2. The molecule has 4 rings (SSSR count). The second kappa shape index (κ2) is 22.9. The van der Waals surface area contributed by atoms with Gasteiger partial charge >= 0.3 is 0 Å². The first kappa shape index (κ1) is 42.4.